The number of guanidine groups is 1. The summed E-state index contributed by atoms with van der Waals surface area (Å²) >= 11 is 0. The molecular weight excluding hydrogens is 393 g/mol. The number of hydrogen-bond acceptors (Lipinski definition) is 4. The summed E-state index contributed by atoms with van der Waals surface area (Å²) in [6, 6.07) is 0. The van der Waals surface area contributed by atoms with Crippen LogP contribution in [0.2, 0.25) is 0 Å². The highest BCUT2D eigenvalue weighted by Crippen LogP contribution is 2.15. The van der Waals surface area contributed by atoms with Gasteiger partial charge in [-0.25, -0.2) is 0 Å². The number of rotatable bonds is 5. The number of nitrogens with zero attached hydrogens (tertiary/aromatic N) is 4. The molecule has 0 bridgehead atoms. The van der Waals surface area contributed by atoms with Gasteiger partial charge in [0.05, 0.1) is 0 Å². The van der Waals surface area contributed by atoms with Crippen molar-refractivity contribution in [3.8, 4) is 0 Å². The Labute approximate surface area is 149 Å². The zero-order valence-electron chi connectivity index (χ0n) is 13.8. The van der Waals surface area contributed by atoms with Crippen LogP contribution in [0.3, 0.4) is 0 Å². The van der Waals surface area contributed by atoms with Gasteiger partial charge in [-0.1, -0.05) is 25.9 Å². The molecule has 126 valence electrons. The van der Waals surface area contributed by atoms with Crippen LogP contribution >= 0.6 is 24.0 Å². The summed E-state index contributed by atoms with van der Waals surface area (Å²) in [5, 5.41) is 3.96. The Hall–Kier alpha value is -0.860. The summed E-state index contributed by atoms with van der Waals surface area (Å²) in [4.78, 5) is 11.0. The monoisotopic (exact) mass is 421 g/mol. The van der Waals surface area contributed by atoms with Crippen LogP contribution in [-0.2, 0) is 6.42 Å². The van der Waals surface area contributed by atoms with Gasteiger partial charge in [0.25, 0.3) is 0 Å². The molecule has 0 amide bonds. The Bertz CT molecular complexity index is 474. The molecule has 7 heteroatoms. The molecular formula is C15H28IN5O. The van der Waals surface area contributed by atoms with Crippen LogP contribution in [0.5, 0.6) is 0 Å². The summed E-state index contributed by atoms with van der Waals surface area (Å²) in [6.07, 6.45) is 4.13. The lowest BCUT2D eigenvalue weighted by Gasteiger charge is -2.31. The first-order valence-corrected chi connectivity index (χ1v) is 7.93. The fraction of sp³-hybridized carbons (Fsp3) is 0.800. The van der Waals surface area contributed by atoms with E-state index in [-0.39, 0.29) is 24.0 Å². The highest BCUT2D eigenvalue weighted by Gasteiger charge is 2.17. The smallest absolute Gasteiger partial charge is 0.226 e. The normalized spacial score (nSPS) is 19.4. The van der Waals surface area contributed by atoms with E-state index >= 15 is 0 Å². The van der Waals surface area contributed by atoms with E-state index in [9.17, 15) is 0 Å². The SMILES string of the molecule is CC1CCCN(C(N)=NCCCc2nc(C(C)C)no2)C1.I. The summed E-state index contributed by atoms with van der Waals surface area (Å²) in [5.41, 5.74) is 6.06. The minimum Gasteiger partial charge on any atom is -0.370 e. The molecule has 1 unspecified atom stereocenters. The molecule has 0 radical (unpaired) electrons. The molecule has 6 nitrogen and oxygen atoms in total. The van der Waals surface area contributed by atoms with Gasteiger partial charge in [0.15, 0.2) is 11.8 Å². The van der Waals surface area contributed by atoms with E-state index in [1.165, 1.54) is 12.8 Å². The molecule has 0 aromatic carbocycles. The lowest BCUT2D eigenvalue weighted by molar-refractivity contribution is 0.270. The predicted molar refractivity (Wildman–Crippen MR) is 98.6 cm³/mol. The van der Waals surface area contributed by atoms with Crippen molar-refractivity contribution in [1.82, 2.24) is 15.0 Å². The maximum absolute atomic E-state index is 6.06. The van der Waals surface area contributed by atoms with Crippen molar-refractivity contribution < 1.29 is 4.52 Å². The number of hydrogen-bond donors (Lipinski definition) is 1. The largest absolute Gasteiger partial charge is 0.370 e. The number of aromatic nitrogens is 2. The van der Waals surface area contributed by atoms with E-state index in [1.54, 1.807) is 0 Å². The fourth-order valence-electron chi connectivity index (χ4n) is 2.53. The fourth-order valence-corrected chi connectivity index (χ4v) is 2.53. The number of halogens is 1. The Balaban J connectivity index is 0.00000242. The molecule has 22 heavy (non-hydrogen) atoms. The standard InChI is InChI=1S/C15H27N5O.HI/c1-11(2)14-18-13(21-19-14)7-4-8-17-15(16)20-9-5-6-12(3)10-20;/h11-12H,4-10H2,1-3H3,(H2,16,17);1H. The van der Waals surface area contributed by atoms with E-state index in [4.69, 9.17) is 10.3 Å². The van der Waals surface area contributed by atoms with Crippen LogP contribution in [0.15, 0.2) is 9.52 Å². The zero-order valence-corrected chi connectivity index (χ0v) is 16.1. The lowest BCUT2D eigenvalue weighted by Crippen LogP contribution is -2.43. The molecule has 1 aromatic heterocycles. The van der Waals surface area contributed by atoms with Crippen molar-refractivity contribution in [3.05, 3.63) is 11.7 Å². The summed E-state index contributed by atoms with van der Waals surface area (Å²) < 4.78 is 5.21. The Morgan fingerprint density at radius 2 is 2.27 bits per heavy atom. The topological polar surface area (TPSA) is 80.5 Å². The molecule has 1 fully saturated rings. The van der Waals surface area contributed by atoms with Crippen LogP contribution in [0.1, 0.15) is 57.7 Å². The average Bonchev–Trinajstić information content (AvgIpc) is 2.92. The van der Waals surface area contributed by atoms with E-state index in [2.05, 4.69) is 40.8 Å². The third-order valence-corrected chi connectivity index (χ3v) is 3.80. The van der Waals surface area contributed by atoms with Gasteiger partial charge in [0, 0.05) is 32.0 Å². The molecule has 1 aliphatic rings. The second kappa shape index (κ2) is 9.32. The van der Waals surface area contributed by atoms with Crippen molar-refractivity contribution in [2.45, 2.75) is 52.4 Å². The number of nitrogens with two attached hydrogens (primary N) is 1. The minimum absolute atomic E-state index is 0. The van der Waals surface area contributed by atoms with Crippen molar-refractivity contribution in [2.75, 3.05) is 19.6 Å². The third kappa shape index (κ3) is 5.73. The van der Waals surface area contributed by atoms with E-state index < -0.39 is 0 Å². The molecule has 2 N–H and O–H groups in total. The summed E-state index contributed by atoms with van der Waals surface area (Å²) in [7, 11) is 0. The number of aliphatic imine (C=N–C) groups is 1. The average molecular weight is 421 g/mol. The molecule has 0 aliphatic carbocycles. The minimum atomic E-state index is 0. The first-order valence-electron chi connectivity index (χ1n) is 7.93. The molecule has 2 heterocycles. The number of piperidine rings is 1. The first kappa shape index (κ1) is 19.2. The summed E-state index contributed by atoms with van der Waals surface area (Å²) in [5.74, 6) is 3.15. The molecule has 1 saturated heterocycles. The molecule has 1 aliphatic heterocycles. The van der Waals surface area contributed by atoms with Crippen molar-refractivity contribution in [3.63, 3.8) is 0 Å². The van der Waals surface area contributed by atoms with E-state index in [0.29, 0.717) is 30.2 Å². The molecule has 1 aromatic rings. The Morgan fingerprint density at radius 3 is 2.91 bits per heavy atom. The lowest BCUT2D eigenvalue weighted by atomic mass is 10.0. The van der Waals surface area contributed by atoms with Crippen LogP contribution in [0.4, 0.5) is 0 Å². The Morgan fingerprint density at radius 1 is 1.50 bits per heavy atom. The zero-order chi connectivity index (χ0) is 15.2. The van der Waals surface area contributed by atoms with Crippen LogP contribution in [0, 0.1) is 5.92 Å². The number of likely N-dealkylation sites (tertiary alicyclic amines) is 1. The second-order valence-corrected chi connectivity index (χ2v) is 6.24. The van der Waals surface area contributed by atoms with Gasteiger partial charge in [-0.05, 0) is 25.2 Å². The Kier molecular flexibility index (Phi) is 8.13. The van der Waals surface area contributed by atoms with Gasteiger partial charge in [0.2, 0.25) is 5.89 Å². The van der Waals surface area contributed by atoms with E-state index in [1.807, 2.05) is 0 Å². The predicted octanol–water partition coefficient (Wildman–Crippen LogP) is 2.79. The van der Waals surface area contributed by atoms with Gasteiger partial charge in [0.1, 0.15) is 0 Å². The van der Waals surface area contributed by atoms with Crippen LogP contribution in [-0.4, -0.2) is 40.6 Å². The van der Waals surface area contributed by atoms with Crippen LogP contribution in [0.25, 0.3) is 0 Å². The molecule has 0 saturated carbocycles. The third-order valence-electron chi connectivity index (χ3n) is 3.80. The van der Waals surface area contributed by atoms with E-state index in [0.717, 1.165) is 31.8 Å². The van der Waals surface area contributed by atoms with Gasteiger partial charge in [-0.15, -0.1) is 24.0 Å². The maximum Gasteiger partial charge on any atom is 0.226 e. The molecule has 2 rings (SSSR count). The van der Waals surface area contributed by atoms with Crippen LogP contribution < -0.4 is 5.73 Å². The van der Waals surface area contributed by atoms with Gasteiger partial charge in [-0.2, -0.15) is 4.98 Å². The van der Waals surface area contributed by atoms with Gasteiger partial charge < -0.3 is 15.2 Å². The molecule has 1 atom stereocenters. The van der Waals surface area contributed by atoms with Crippen molar-refractivity contribution >= 4 is 29.9 Å². The highest BCUT2D eigenvalue weighted by molar-refractivity contribution is 14.0. The quantitative estimate of drug-likeness (QED) is 0.342. The first-order chi connectivity index (χ1) is 10.1. The highest BCUT2D eigenvalue weighted by atomic mass is 127. The van der Waals surface area contributed by atoms with Crippen molar-refractivity contribution in [1.29, 1.82) is 0 Å². The number of aryl methyl sites for hydroxylation is 1. The summed E-state index contributed by atoms with van der Waals surface area (Å²) in [6.45, 7) is 9.13. The maximum atomic E-state index is 6.06. The molecule has 0 spiro atoms. The second-order valence-electron chi connectivity index (χ2n) is 6.24. The van der Waals surface area contributed by atoms with Crippen molar-refractivity contribution in [2.24, 2.45) is 16.6 Å². The van der Waals surface area contributed by atoms with Gasteiger partial charge in [-0.3, -0.25) is 4.99 Å². The van der Waals surface area contributed by atoms with Gasteiger partial charge >= 0.3 is 0 Å².